The quantitative estimate of drug-likeness (QED) is 0.677. The number of hydrogen-bond donors (Lipinski definition) is 1. The number of nitrogens with zero attached hydrogens (tertiary/aromatic N) is 1. The number of nitrogen functional groups attached to an aromatic ring is 1. The van der Waals surface area contributed by atoms with Gasteiger partial charge < -0.3 is 5.73 Å². The van der Waals surface area contributed by atoms with Crippen molar-refractivity contribution < 1.29 is 4.79 Å². The van der Waals surface area contributed by atoms with Gasteiger partial charge in [-0.2, -0.15) is 0 Å². The van der Waals surface area contributed by atoms with Crippen molar-refractivity contribution in [3.8, 4) is 0 Å². The third kappa shape index (κ3) is 3.25. The summed E-state index contributed by atoms with van der Waals surface area (Å²) in [6.45, 7) is 4.22. The molecule has 0 spiro atoms. The molecule has 1 heterocycles. The van der Waals surface area contributed by atoms with Crippen LogP contribution in [0.15, 0.2) is 42.6 Å². The highest BCUT2D eigenvalue weighted by Gasteiger charge is 2.19. The summed E-state index contributed by atoms with van der Waals surface area (Å²) in [6.07, 6.45) is 1.61. The largest absolute Gasteiger partial charge is 0.384 e. The molecule has 3 nitrogen and oxygen atoms in total. The Balaban J connectivity index is 2.29. The van der Waals surface area contributed by atoms with Crippen LogP contribution in [0.25, 0.3) is 0 Å². The molecule has 1 aromatic carbocycles. The molecule has 20 heavy (non-hydrogen) atoms. The van der Waals surface area contributed by atoms with E-state index in [9.17, 15) is 4.79 Å². The maximum atomic E-state index is 12.5. The average Bonchev–Trinajstić information content (AvgIpc) is 2.45. The van der Waals surface area contributed by atoms with Crippen molar-refractivity contribution in [2.75, 3.05) is 5.73 Å². The molecule has 0 aliphatic carbocycles. The summed E-state index contributed by atoms with van der Waals surface area (Å²) in [6, 6.07) is 11.3. The van der Waals surface area contributed by atoms with E-state index in [1.54, 1.807) is 18.3 Å². The number of pyridine rings is 1. The molecular weight excluding hydrogens is 316 g/mol. The number of aromatic nitrogens is 1. The van der Waals surface area contributed by atoms with E-state index in [0.29, 0.717) is 17.3 Å². The summed E-state index contributed by atoms with van der Waals surface area (Å²) in [5.41, 5.74) is 8.33. The van der Waals surface area contributed by atoms with Crippen LogP contribution in [0.2, 0.25) is 0 Å². The molecule has 4 heteroatoms. The summed E-state index contributed by atoms with van der Waals surface area (Å²) < 4.78 is 0. The zero-order valence-electron chi connectivity index (χ0n) is 11.5. The summed E-state index contributed by atoms with van der Waals surface area (Å²) in [7, 11) is 0. The van der Waals surface area contributed by atoms with Crippen molar-refractivity contribution in [3.63, 3.8) is 0 Å². The first kappa shape index (κ1) is 14.7. The van der Waals surface area contributed by atoms with Crippen LogP contribution in [0.1, 0.15) is 46.1 Å². The summed E-state index contributed by atoms with van der Waals surface area (Å²) >= 11 is 3.45. The van der Waals surface area contributed by atoms with Gasteiger partial charge in [-0.15, -0.1) is 0 Å². The molecule has 0 unspecified atom stereocenters. The number of halogens is 1. The SMILES string of the molecule is CC(C)c1cccc(C(=O)[C@H](Br)c2ccnc(N)c2)c1. The first-order valence-corrected chi connectivity index (χ1v) is 7.40. The third-order valence-electron chi connectivity index (χ3n) is 3.17. The van der Waals surface area contributed by atoms with E-state index in [1.807, 2.05) is 24.3 Å². The standard InChI is InChI=1S/C16H17BrN2O/c1-10(2)11-4-3-5-13(8-11)16(20)15(17)12-6-7-19-14(18)9-12/h3-10,15H,1-2H3,(H2,18,19)/t15-/m1/s1. The minimum absolute atomic E-state index is 0.0260. The van der Waals surface area contributed by atoms with Gasteiger partial charge in [0.1, 0.15) is 10.6 Å². The highest BCUT2D eigenvalue weighted by molar-refractivity contribution is 9.09. The Morgan fingerprint density at radius 1 is 1.20 bits per heavy atom. The summed E-state index contributed by atoms with van der Waals surface area (Å²) in [5, 5.41) is 0. The molecule has 2 rings (SSSR count). The van der Waals surface area contributed by atoms with Crippen molar-refractivity contribution in [3.05, 3.63) is 59.3 Å². The lowest BCUT2D eigenvalue weighted by molar-refractivity contribution is 0.0991. The van der Waals surface area contributed by atoms with Gasteiger partial charge in [-0.05, 0) is 35.2 Å². The van der Waals surface area contributed by atoms with Crippen molar-refractivity contribution in [2.24, 2.45) is 0 Å². The van der Waals surface area contributed by atoms with Crippen LogP contribution in [0, 0.1) is 0 Å². The van der Waals surface area contributed by atoms with Crippen molar-refractivity contribution in [2.45, 2.75) is 24.6 Å². The van der Waals surface area contributed by atoms with E-state index >= 15 is 0 Å². The Morgan fingerprint density at radius 3 is 2.60 bits per heavy atom. The Labute approximate surface area is 127 Å². The zero-order chi connectivity index (χ0) is 14.7. The maximum Gasteiger partial charge on any atom is 0.180 e. The van der Waals surface area contributed by atoms with Crippen LogP contribution < -0.4 is 5.73 Å². The summed E-state index contributed by atoms with van der Waals surface area (Å²) in [4.78, 5) is 16.1. The monoisotopic (exact) mass is 332 g/mol. The van der Waals surface area contributed by atoms with Crippen molar-refractivity contribution in [1.82, 2.24) is 4.98 Å². The molecule has 104 valence electrons. The molecule has 0 fully saturated rings. The number of carbonyl (C=O) groups is 1. The molecule has 0 saturated carbocycles. The number of Topliss-reactive ketones (excluding diaryl/α,β-unsaturated/α-hetero) is 1. The van der Waals surface area contributed by atoms with E-state index in [0.717, 1.165) is 11.1 Å². The van der Waals surface area contributed by atoms with Gasteiger partial charge in [-0.25, -0.2) is 4.98 Å². The fraction of sp³-hybridized carbons (Fsp3) is 0.250. The molecule has 0 bridgehead atoms. The van der Waals surface area contributed by atoms with Gasteiger partial charge in [-0.1, -0.05) is 48.0 Å². The molecule has 0 radical (unpaired) electrons. The van der Waals surface area contributed by atoms with Crippen LogP contribution in [0.5, 0.6) is 0 Å². The van der Waals surface area contributed by atoms with Crippen LogP contribution in [0.3, 0.4) is 0 Å². The lowest BCUT2D eigenvalue weighted by Gasteiger charge is -2.12. The Morgan fingerprint density at radius 2 is 1.95 bits per heavy atom. The highest BCUT2D eigenvalue weighted by atomic mass is 79.9. The fourth-order valence-corrected chi connectivity index (χ4v) is 2.52. The molecular formula is C16H17BrN2O. The number of alkyl halides is 1. The number of anilines is 1. The van der Waals surface area contributed by atoms with Gasteiger partial charge in [0, 0.05) is 11.8 Å². The van der Waals surface area contributed by atoms with Gasteiger partial charge in [0.15, 0.2) is 5.78 Å². The summed E-state index contributed by atoms with van der Waals surface area (Å²) in [5.74, 6) is 0.835. The fourth-order valence-electron chi connectivity index (χ4n) is 1.97. The number of hydrogen-bond acceptors (Lipinski definition) is 3. The van der Waals surface area contributed by atoms with E-state index in [4.69, 9.17) is 5.73 Å². The van der Waals surface area contributed by atoms with E-state index in [-0.39, 0.29) is 5.78 Å². The Kier molecular flexibility index (Phi) is 4.55. The second kappa shape index (κ2) is 6.18. The lowest BCUT2D eigenvalue weighted by atomic mass is 9.97. The van der Waals surface area contributed by atoms with E-state index in [2.05, 4.69) is 34.8 Å². The minimum atomic E-state index is -0.407. The smallest absolute Gasteiger partial charge is 0.180 e. The Hall–Kier alpha value is -1.68. The van der Waals surface area contributed by atoms with Gasteiger partial charge in [0.05, 0.1) is 0 Å². The third-order valence-corrected chi connectivity index (χ3v) is 4.11. The highest BCUT2D eigenvalue weighted by Crippen LogP contribution is 2.28. The molecule has 0 aliphatic rings. The van der Waals surface area contributed by atoms with Crippen LogP contribution >= 0.6 is 15.9 Å². The molecule has 0 saturated heterocycles. The van der Waals surface area contributed by atoms with Crippen LogP contribution in [-0.2, 0) is 0 Å². The van der Waals surface area contributed by atoms with Crippen LogP contribution in [0.4, 0.5) is 5.82 Å². The Bertz CT molecular complexity index is 625. The van der Waals surface area contributed by atoms with Gasteiger partial charge >= 0.3 is 0 Å². The number of benzene rings is 1. The second-order valence-electron chi connectivity index (χ2n) is 5.02. The molecule has 2 aromatic rings. The molecule has 0 amide bonds. The lowest BCUT2D eigenvalue weighted by Crippen LogP contribution is -2.08. The molecule has 1 atom stereocenters. The predicted octanol–water partition coefficient (Wildman–Crippen LogP) is 4.11. The number of ketones is 1. The van der Waals surface area contributed by atoms with Crippen molar-refractivity contribution in [1.29, 1.82) is 0 Å². The first-order chi connectivity index (χ1) is 9.49. The van der Waals surface area contributed by atoms with E-state index in [1.165, 1.54) is 0 Å². The normalized spacial score (nSPS) is 12.4. The number of nitrogens with two attached hydrogens (primary N) is 1. The topological polar surface area (TPSA) is 56.0 Å². The van der Waals surface area contributed by atoms with E-state index < -0.39 is 4.83 Å². The first-order valence-electron chi connectivity index (χ1n) is 6.48. The van der Waals surface area contributed by atoms with Crippen molar-refractivity contribution >= 4 is 27.5 Å². The molecule has 2 N–H and O–H groups in total. The van der Waals surface area contributed by atoms with Gasteiger partial charge in [0.25, 0.3) is 0 Å². The molecule has 1 aromatic heterocycles. The van der Waals surface area contributed by atoms with Crippen LogP contribution in [-0.4, -0.2) is 10.8 Å². The van der Waals surface area contributed by atoms with Gasteiger partial charge in [-0.3, -0.25) is 4.79 Å². The second-order valence-corrected chi connectivity index (χ2v) is 5.94. The minimum Gasteiger partial charge on any atom is -0.384 e. The molecule has 0 aliphatic heterocycles. The number of carbonyl (C=O) groups excluding carboxylic acids is 1. The number of rotatable bonds is 4. The van der Waals surface area contributed by atoms with Gasteiger partial charge in [0.2, 0.25) is 0 Å². The zero-order valence-corrected chi connectivity index (χ0v) is 13.1. The predicted molar refractivity (Wildman–Crippen MR) is 85.2 cm³/mol. The maximum absolute atomic E-state index is 12.5. The average molecular weight is 333 g/mol.